The molecule has 1 aromatic carbocycles. The van der Waals surface area contributed by atoms with Crippen LogP contribution in [0.2, 0.25) is 0 Å². The molecule has 0 aliphatic carbocycles. The van der Waals surface area contributed by atoms with E-state index in [0.29, 0.717) is 12.2 Å². The first-order valence-electron chi connectivity index (χ1n) is 5.20. The SMILES string of the molecule is CCOC(NC)c1ccc(C(=O)OC)cc1. The largest absolute Gasteiger partial charge is 0.465 e. The molecule has 1 rings (SSSR count). The third kappa shape index (κ3) is 3.05. The first-order chi connectivity index (χ1) is 7.72. The molecule has 16 heavy (non-hydrogen) atoms. The molecular weight excluding hydrogens is 206 g/mol. The van der Waals surface area contributed by atoms with E-state index in [9.17, 15) is 4.79 Å². The van der Waals surface area contributed by atoms with Crippen LogP contribution in [0, 0.1) is 0 Å². The summed E-state index contributed by atoms with van der Waals surface area (Å²) in [6.07, 6.45) is -0.142. The Morgan fingerprint density at radius 2 is 2.00 bits per heavy atom. The van der Waals surface area contributed by atoms with Crippen LogP contribution in [0.4, 0.5) is 0 Å². The lowest BCUT2D eigenvalue weighted by atomic mass is 10.1. The maximum absolute atomic E-state index is 11.2. The Morgan fingerprint density at radius 1 is 1.38 bits per heavy atom. The molecule has 1 atom stereocenters. The van der Waals surface area contributed by atoms with Crippen molar-refractivity contribution in [2.45, 2.75) is 13.2 Å². The average Bonchev–Trinajstić information content (AvgIpc) is 2.35. The van der Waals surface area contributed by atoms with E-state index in [1.165, 1.54) is 7.11 Å². The van der Waals surface area contributed by atoms with Gasteiger partial charge < -0.3 is 9.47 Å². The highest BCUT2D eigenvalue weighted by atomic mass is 16.5. The van der Waals surface area contributed by atoms with Crippen molar-refractivity contribution in [2.24, 2.45) is 0 Å². The van der Waals surface area contributed by atoms with Gasteiger partial charge in [-0.05, 0) is 31.7 Å². The number of benzene rings is 1. The van der Waals surface area contributed by atoms with E-state index in [-0.39, 0.29) is 12.2 Å². The van der Waals surface area contributed by atoms with Crippen molar-refractivity contribution in [2.75, 3.05) is 20.8 Å². The Balaban J connectivity index is 2.80. The average molecular weight is 223 g/mol. The molecule has 0 heterocycles. The van der Waals surface area contributed by atoms with E-state index < -0.39 is 0 Å². The lowest BCUT2D eigenvalue weighted by Gasteiger charge is -2.16. The highest BCUT2D eigenvalue weighted by molar-refractivity contribution is 5.89. The van der Waals surface area contributed by atoms with Gasteiger partial charge in [-0.25, -0.2) is 4.79 Å². The van der Waals surface area contributed by atoms with Crippen molar-refractivity contribution in [1.82, 2.24) is 5.32 Å². The number of carbonyl (C=O) groups excluding carboxylic acids is 1. The van der Waals surface area contributed by atoms with Crippen molar-refractivity contribution >= 4 is 5.97 Å². The highest BCUT2D eigenvalue weighted by Gasteiger charge is 2.10. The Kier molecular flexibility index (Phi) is 4.95. The monoisotopic (exact) mass is 223 g/mol. The molecule has 88 valence electrons. The number of nitrogens with one attached hydrogen (secondary N) is 1. The highest BCUT2D eigenvalue weighted by Crippen LogP contribution is 2.15. The summed E-state index contributed by atoms with van der Waals surface area (Å²) in [5.41, 5.74) is 1.52. The van der Waals surface area contributed by atoms with E-state index in [1.54, 1.807) is 12.1 Å². The molecule has 1 aromatic rings. The summed E-state index contributed by atoms with van der Waals surface area (Å²) in [7, 11) is 3.20. The molecule has 0 amide bonds. The number of ether oxygens (including phenoxy) is 2. The van der Waals surface area contributed by atoms with Crippen molar-refractivity contribution in [3.05, 3.63) is 35.4 Å². The van der Waals surface area contributed by atoms with Crippen LogP contribution < -0.4 is 5.32 Å². The van der Waals surface area contributed by atoms with Crippen LogP contribution in [0.3, 0.4) is 0 Å². The Labute approximate surface area is 95.6 Å². The van der Waals surface area contributed by atoms with E-state index >= 15 is 0 Å². The summed E-state index contributed by atoms with van der Waals surface area (Å²) in [6, 6.07) is 7.15. The van der Waals surface area contributed by atoms with Crippen LogP contribution in [-0.2, 0) is 9.47 Å². The van der Waals surface area contributed by atoms with Gasteiger partial charge in [0.05, 0.1) is 12.7 Å². The molecule has 0 saturated carbocycles. The Hall–Kier alpha value is -1.39. The molecule has 0 radical (unpaired) electrons. The van der Waals surface area contributed by atoms with Gasteiger partial charge in [-0.1, -0.05) is 12.1 Å². The minimum atomic E-state index is -0.330. The van der Waals surface area contributed by atoms with Crippen LogP contribution in [0.15, 0.2) is 24.3 Å². The van der Waals surface area contributed by atoms with Crippen molar-refractivity contribution in [3.63, 3.8) is 0 Å². The van der Waals surface area contributed by atoms with Gasteiger partial charge in [-0.2, -0.15) is 0 Å². The maximum Gasteiger partial charge on any atom is 0.337 e. The molecule has 0 spiro atoms. The van der Waals surface area contributed by atoms with Gasteiger partial charge in [0, 0.05) is 6.61 Å². The zero-order chi connectivity index (χ0) is 12.0. The summed E-state index contributed by atoms with van der Waals surface area (Å²) < 4.78 is 10.1. The third-order valence-corrected chi connectivity index (χ3v) is 2.23. The van der Waals surface area contributed by atoms with Crippen LogP contribution >= 0.6 is 0 Å². The predicted molar refractivity (Wildman–Crippen MR) is 61.2 cm³/mol. The smallest absolute Gasteiger partial charge is 0.337 e. The fourth-order valence-electron chi connectivity index (χ4n) is 1.42. The molecule has 0 saturated heterocycles. The third-order valence-electron chi connectivity index (χ3n) is 2.23. The molecule has 0 aliphatic rings. The molecule has 4 nitrogen and oxygen atoms in total. The Morgan fingerprint density at radius 3 is 2.44 bits per heavy atom. The quantitative estimate of drug-likeness (QED) is 0.610. The predicted octanol–water partition coefficient (Wildman–Crippen LogP) is 1.73. The fraction of sp³-hybridized carbons (Fsp3) is 0.417. The van der Waals surface area contributed by atoms with E-state index in [1.807, 2.05) is 26.1 Å². The second-order valence-electron chi connectivity index (χ2n) is 3.24. The summed E-state index contributed by atoms with van der Waals surface area (Å²) in [4.78, 5) is 11.2. The molecule has 0 fully saturated rings. The lowest BCUT2D eigenvalue weighted by molar-refractivity contribution is 0.0430. The number of esters is 1. The van der Waals surface area contributed by atoms with Crippen LogP contribution in [0.25, 0.3) is 0 Å². The molecular formula is C12H17NO3. The maximum atomic E-state index is 11.2. The summed E-state index contributed by atoms with van der Waals surface area (Å²) in [6.45, 7) is 2.57. The van der Waals surface area contributed by atoms with Gasteiger partial charge in [0.1, 0.15) is 6.23 Å². The lowest BCUT2D eigenvalue weighted by Crippen LogP contribution is -2.19. The van der Waals surface area contributed by atoms with Gasteiger partial charge in [0.25, 0.3) is 0 Å². The van der Waals surface area contributed by atoms with E-state index in [0.717, 1.165) is 5.56 Å². The van der Waals surface area contributed by atoms with Gasteiger partial charge in [0.2, 0.25) is 0 Å². The fourth-order valence-corrected chi connectivity index (χ4v) is 1.42. The summed E-state index contributed by atoms with van der Waals surface area (Å²) >= 11 is 0. The molecule has 4 heteroatoms. The number of rotatable bonds is 5. The van der Waals surface area contributed by atoms with E-state index in [4.69, 9.17) is 4.74 Å². The normalized spacial score (nSPS) is 12.2. The van der Waals surface area contributed by atoms with Crippen LogP contribution in [-0.4, -0.2) is 26.7 Å². The number of carbonyl (C=O) groups is 1. The van der Waals surface area contributed by atoms with Crippen molar-refractivity contribution in [3.8, 4) is 0 Å². The molecule has 0 aromatic heterocycles. The van der Waals surface area contributed by atoms with Crippen molar-refractivity contribution < 1.29 is 14.3 Å². The van der Waals surface area contributed by atoms with Crippen LogP contribution in [0.1, 0.15) is 29.1 Å². The standard InChI is InChI=1S/C12H17NO3/c1-4-16-11(13-2)9-5-7-10(8-6-9)12(14)15-3/h5-8,11,13H,4H2,1-3H3. The minimum absolute atomic E-state index is 0.142. The minimum Gasteiger partial charge on any atom is -0.465 e. The number of hydrogen-bond acceptors (Lipinski definition) is 4. The molecule has 0 aliphatic heterocycles. The summed E-state index contributed by atoms with van der Waals surface area (Å²) in [5.74, 6) is -0.330. The first-order valence-corrected chi connectivity index (χ1v) is 5.20. The van der Waals surface area contributed by atoms with Crippen molar-refractivity contribution in [1.29, 1.82) is 0 Å². The van der Waals surface area contributed by atoms with Gasteiger partial charge in [-0.15, -0.1) is 0 Å². The van der Waals surface area contributed by atoms with Gasteiger partial charge >= 0.3 is 5.97 Å². The molecule has 1 unspecified atom stereocenters. The van der Waals surface area contributed by atoms with Crippen LogP contribution in [0.5, 0.6) is 0 Å². The zero-order valence-electron chi connectivity index (χ0n) is 9.82. The topological polar surface area (TPSA) is 47.6 Å². The molecule has 1 N–H and O–H groups in total. The number of methoxy groups -OCH3 is 1. The Bertz CT molecular complexity index is 335. The second kappa shape index (κ2) is 6.25. The second-order valence-corrected chi connectivity index (χ2v) is 3.24. The summed E-state index contributed by atoms with van der Waals surface area (Å²) in [5, 5.41) is 3.04. The van der Waals surface area contributed by atoms with Gasteiger partial charge in [-0.3, -0.25) is 5.32 Å². The first kappa shape index (κ1) is 12.7. The molecule has 0 bridgehead atoms. The zero-order valence-corrected chi connectivity index (χ0v) is 9.82. The van der Waals surface area contributed by atoms with Gasteiger partial charge in [0.15, 0.2) is 0 Å². The van der Waals surface area contributed by atoms with E-state index in [2.05, 4.69) is 10.1 Å². The number of hydrogen-bond donors (Lipinski definition) is 1.